The van der Waals surface area contributed by atoms with Gasteiger partial charge in [0.2, 0.25) is 15.8 Å². The molecule has 3 aromatic carbocycles. The number of rotatable bonds is 8. The topological polar surface area (TPSA) is 110 Å². The Morgan fingerprint density at radius 1 is 0.935 bits per heavy atom. The highest BCUT2D eigenvalue weighted by molar-refractivity contribution is 7.89. The molecule has 0 aromatic heterocycles. The first-order chi connectivity index (χ1) is 14.8. The third kappa shape index (κ3) is 5.53. The van der Waals surface area contributed by atoms with Crippen LogP contribution in [0.15, 0.2) is 77.7 Å². The minimum absolute atomic E-state index is 0.0287. The maximum atomic E-state index is 13.7. The lowest BCUT2D eigenvalue weighted by Gasteiger charge is -2.10. The van der Waals surface area contributed by atoms with Crippen molar-refractivity contribution in [3.8, 4) is 5.75 Å². The van der Waals surface area contributed by atoms with Crippen molar-refractivity contribution in [1.82, 2.24) is 4.72 Å². The number of ether oxygens (including phenoxy) is 1. The molecule has 3 aromatic rings. The molecule has 0 amide bonds. The summed E-state index contributed by atoms with van der Waals surface area (Å²) >= 11 is 0. The molecule has 0 bridgehead atoms. The Morgan fingerprint density at radius 2 is 1.61 bits per heavy atom. The van der Waals surface area contributed by atoms with Gasteiger partial charge in [-0.25, -0.2) is 22.3 Å². The summed E-state index contributed by atoms with van der Waals surface area (Å²) in [6.07, 6.45) is 0. The van der Waals surface area contributed by atoms with Gasteiger partial charge in [0.05, 0.1) is 10.5 Å². The lowest BCUT2D eigenvalue weighted by atomic mass is 10.1. The van der Waals surface area contributed by atoms with Crippen LogP contribution < -0.4 is 4.72 Å². The second-order valence-electron chi connectivity index (χ2n) is 6.47. The van der Waals surface area contributed by atoms with Crippen molar-refractivity contribution in [2.75, 3.05) is 6.61 Å². The fourth-order valence-electron chi connectivity index (χ4n) is 2.68. The molecule has 2 N–H and O–H groups in total. The lowest BCUT2D eigenvalue weighted by Crippen LogP contribution is -2.23. The summed E-state index contributed by atoms with van der Waals surface area (Å²) in [5.74, 6) is -3.18. The average Bonchev–Trinajstić information content (AvgIpc) is 2.77. The van der Waals surface area contributed by atoms with Gasteiger partial charge in [-0.05, 0) is 35.9 Å². The number of aromatic hydroxyl groups is 1. The molecule has 0 radical (unpaired) electrons. The summed E-state index contributed by atoms with van der Waals surface area (Å²) in [4.78, 5) is 24.1. The quantitative estimate of drug-likeness (QED) is 0.409. The Hall–Kier alpha value is -3.56. The second-order valence-corrected chi connectivity index (χ2v) is 8.24. The molecular formula is C22H18FNO6S. The average molecular weight is 443 g/mol. The Labute approximate surface area is 178 Å². The molecule has 31 heavy (non-hydrogen) atoms. The van der Waals surface area contributed by atoms with E-state index in [0.717, 1.165) is 29.8 Å². The van der Waals surface area contributed by atoms with Crippen molar-refractivity contribution >= 4 is 21.8 Å². The first-order valence-corrected chi connectivity index (χ1v) is 10.6. The third-order valence-electron chi connectivity index (χ3n) is 4.32. The number of carbonyl (C=O) groups excluding carboxylic acids is 2. The van der Waals surface area contributed by atoms with E-state index in [-0.39, 0.29) is 17.0 Å². The maximum Gasteiger partial charge on any atom is 0.342 e. The Balaban J connectivity index is 1.71. The Kier molecular flexibility index (Phi) is 6.78. The fraction of sp³-hybridized carbons (Fsp3) is 0.0909. The summed E-state index contributed by atoms with van der Waals surface area (Å²) in [6.45, 7) is -0.747. The first-order valence-electron chi connectivity index (χ1n) is 9.09. The van der Waals surface area contributed by atoms with Gasteiger partial charge in [0, 0.05) is 6.54 Å². The standard InChI is InChI=1S/C22H18FNO6S/c23-19-9-5-4-8-17(19)21(26)14-30-22(27)18-12-16(10-11-20(18)25)31(28,29)24-13-15-6-2-1-3-7-15/h1-12,24-25H,13-14H2. The van der Waals surface area contributed by atoms with Gasteiger partial charge < -0.3 is 9.84 Å². The van der Waals surface area contributed by atoms with Gasteiger partial charge in [0.1, 0.15) is 17.1 Å². The second kappa shape index (κ2) is 9.50. The van der Waals surface area contributed by atoms with Crippen molar-refractivity contribution in [1.29, 1.82) is 0 Å². The molecule has 0 saturated carbocycles. The van der Waals surface area contributed by atoms with Crippen LogP contribution in [0.4, 0.5) is 4.39 Å². The number of hydrogen-bond acceptors (Lipinski definition) is 6. The number of Topliss-reactive ketones (excluding diaryl/α,β-unsaturated/α-hetero) is 1. The zero-order chi connectivity index (χ0) is 22.4. The highest BCUT2D eigenvalue weighted by Gasteiger charge is 2.21. The van der Waals surface area contributed by atoms with E-state index in [2.05, 4.69) is 4.72 Å². The molecule has 0 aliphatic carbocycles. The van der Waals surface area contributed by atoms with E-state index in [0.29, 0.717) is 0 Å². The summed E-state index contributed by atoms with van der Waals surface area (Å²) < 4.78 is 46.0. The van der Waals surface area contributed by atoms with Gasteiger partial charge in [0.15, 0.2) is 6.61 Å². The van der Waals surface area contributed by atoms with E-state index in [9.17, 15) is 27.5 Å². The zero-order valence-corrected chi connectivity index (χ0v) is 16.9. The summed E-state index contributed by atoms with van der Waals surface area (Å²) in [7, 11) is -4.00. The van der Waals surface area contributed by atoms with Gasteiger partial charge in [0.25, 0.3) is 0 Å². The zero-order valence-electron chi connectivity index (χ0n) is 16.1. The summed E-state index contributed by atoms with van der Waals surface area (Å²) in [5, 5.41) is 9.94. The normalized spacial score (nSPS) is 11.1. The highest BCUT2D eigenvalue weighted by atomic mass is 32.2. The van der Waals surface area contributed by atoms with Crippen molar-refractivity contribution in [3.05, 3.63) is 95.3 Å². The van der Waals surface area contributed by atoms with Crippen molar-refractivity contribution in [3.63, 3.8) is 0 Å². The van der Waals surface area contributed by atoms with Crippen molar-refractivity contribution in [2.24, 2.45) is 0 Å². The maximum absolute atomic E-state index is 13.7. The number of benzene rings is 3. The molecule has 0 aliphatic rings. The number of phenolic OH excluding ortho intramolecular Hbond substituents is 1. The Bertz CT molecular complexity index is 1210. The van der Waals surface area contributed by atoms with Gasteiger partial charge in [-0.1, -0.05) is 42.5 Å². The van der Waals surface area contributed by atoms with Crippen LogP contribution in [-0.2, 0) is 21.3 Å². The molecule has 0 heterocycles. The molecule has 0 unspecified atom stereocenters. The van der Waals surface area contributed by atoms with E-state index in [1.807, 2.05) is 0 Å². The van der Waals surface area contributed by atoms with E-state index < -0.39 is 45.5 Å². The van der Waals surface area contributed by atoms with Crippen LogP contribution in [0.1, 0.15) is 26.3 Å². The van der Waals surface area contributed by atoms with Crippen LogP contribution in [0.25, 0.3) is 0 Å². The summed E-state index contributed by atoms with van der Waals surface area (Å²) in [6, 6.07) is 17.1. The molecule has 9 heteroatoms. The van der Waals surface area contributed by atoms with Crippen molar-refractivity contribution in [2.45, 2.75) is 11.4 Å². The number of hydrogen-bond donors (Lipinski definition) is 2. The van der Waals surface area contributed by atoms with Gasteiger partial charge in [-0.3, -0.25) is 4.79 Å². The predicted molar refractivity (Wildman–Crippen MR) is 110 cm³/mol. The van der Waals surface area contributed by atoms with E-state index >= 15 is 0 Å². The van der Waals surface area contributed by atoms with E-state index in [4.69, 9.17) is 4.74 Å². The third-order valence-corrected chi connectivity index (χ3v) is 5.71. The lowest BCUT2D eigenvalue weighted by molar-refractivity contribution is 0.0470. The molecule has 160 valence electrons. The number of nitrogens with one attached hydrogen (secondary N) is 1. The number of esters is 1. The molecule has 3 rings (SSSR count). The van der Waals surface area contributed by atoms with Gasteiger partial charge >= 0.3 is 5.97 Å². The van der Waals surface area contributed by atoms with Crippen LogP contribution in [0.5, 0.6) is 5.75 Å². The van der Waals surface area contributed by atoms with Crippen molar-refractivity contribution < 1.29 is 32.2 Å². The molecule has 0 saturated heterocycles. The number of ketones is 1. The summed E-state index contributed by atoms with van der Waals surface area (Å²) in [5.41, 5.74) is 0.0426. The molecule has 0 aliphatic heterocycles. The molecule has 0 atom stereocenters. The van der Waals surface area contributed by atoms with Crippen LogP contribution in [0, 0.1) is 5.82 Å². The highest BCUT2D eigenvalue weighted by Crippen LogP contribution is 2.22. The van der Waals surface area contributed by atoms with Crippen LogP contribution in [0.2, 0.25) is 0 Å². The fourth-order valence-corrected chi connectivity index (χ4v) is 3.72. The van der Waals surface area contributed by atoms with Gasteiger partial charge in [-0.15, -0.1) is 0 Å². The molecular weight excluding hydrogens is 425 g/mol. The smallest absolute Gasteiger partial charge is 0.342 e. The number of phenols is 1. The SMILES string of the molecule is O=C(OCC(=O)c1ccccc1F)c1cc(S(=O)(=O)NCc2ccccc2)ccc1O. The minimum Gasteiger partial charge on any atom is -0.507 e. The number of sulfonamides is 1. The minimum atomic E-state index is -4.00. The Morgan fingerprint density at radius 3 is 2.32 bits per heavy atom. The largest absolute Gasteiger partial charge is 0.507 e. The van der Waals surface area contributed by atoms with E-state index in [1.165, 1.54) is 18.2 Å². The number of halogens is 1. The predicted octanol–water partition coefficient (Wildman–Crippen LogP) is 3.05. The molecule has 0 spiro atoms. The van der Waals surface area contributed by atoms with Gasteiger partial charge in [-0.2, -0.15) is 0 Å². The van der Waals surface area contributed by atoms with Crippen LogP contribution in [-0.4, -0.2) is 31.9 Å². The first kappa shape index (κ1) is 22.1. The van der Waals surface area contributed by atoms with E-state index in [1.54, 1.807) is 30.3 Å². The molecule has 7 nitrogen and oxygen atoms in total. The monoisotopic (exact) mass is 443 g/mol. The number of carbonyl (C=O) groups is 2. The van der Waals surface area contributed by atoms with Crippen LogP contribution in [0.3, 0.4) is 0 Å². The molecule has 0 fully saturated rings. The van der Waals surface area contributed by atoms with Crippen LogP contribution >= 0.6 is 0 Å².